The summed E-state index contributed by atoms with van der Waals surface area (Å²) in [6, 6.07) is 0.396. The van der Waals surface area contributed by atoms with Gasteiger partial charge in [0.25, 0.3) is 0 Å². The molecule has 2 saturated carbocycles. The van der Waals surface area contributed by atoms with Gasteiger partial charge >= 0.3 is 0 Å². The second-order valence-electron chi connectivity index (χ2n) is 7.49. The molecule has 116 valence electrons. The van der Waals surface area contributed by atoms with Gasteiger partial charge in [0, 0.05) is 12.6 Å². The van der Waals surface area contributed by atoms with Crippen LogP contribution in [0.1, 0.15) is 59.8 Å². The molecule has 0 saturated heterocycles. The van der Waals surface area contributed by atoms with Crippen LogP contribution in [0.3, 0.4) is 0 Å². The van der Waals surface area contributed by atoms with Crippen LogP contribution < -0.4 is 10.6 Å². The standard InChI is InChI=1S/C17H32N2O/c1-11(2)7-8-18-17(20)13(4)19-12(3)16-10-14-5-6-15(16)9-14/h11-16,19H,5-10H2,1-4H3,(H,18,20)/t12?,13?,14-,15+,16?/m0/s1. The van der Waals surface area contributed by atoms with Crippen LogP contribution in [0.5, 0.6) is 0 Å². The summed E-state index contributed by atoms with van der Waals surface area (Å²) in [4.78, 5) is 12.1. The molecule has 3 nitrogen and oxygen atoms in total. The van der Waals surface area contributed by atoms with Gasteiger partial charge in [-0.15, -0.1) is 0 Å². The van der Waals surface area contributed by atoms with E-state index in [1.165, 1.54) is 25.7 Å². The van der Waals surface area contributed by atoms with E-state index < -0.39 is 0 Å². The summed E-state index contributed by atoms with van der Waals surface area (Å²) in [5.41, 5.74) is 0. The van der Waals surface area contributed by atoms with Crippen molar-refractivity contribution in [2.75, 3.05) is 6.54 Å². The third-order valence-corrected chi connectivity index (χ3v) is 5.36. The van der Waals surface area contributed by atoms with Gasteiger partial charge in [-0.05, 0) is 63.2 Å². The SMILES string of the molecule is CC(C)CCNC(=O)C(C)NC(C)C1C[C@H]2CC[C@@H]1C2. The largest absolute Gasteiger partial charge is 0.355 e. The predicted molar refractivity (Wildman–Crippen MR) is 83.5 cm³/mol. The molecule has 0 heterocycles. The maximum atomic E-state index is 12.1. The van der Waals surface area contributed by atoms with Crippen molar-refractivity contribution in [3.8, 4) is 0 Å². The molecule has 5 atom stereocenters. The Morgan fingerprint density at radius 3 is 2.45 bits per heavy atom. The zero-order chi connectivity index (χ0) is 14.7. The van der Waals surface area contributed by atoms with Gasteiger partial charge in [-0.1, -0.05) is 20.3 Å². The number of carbonyl (C=O) groups is 1. The lowest BCUT2D eigenvalue weighted by Gasteiger charge is -2.30. The van der Waals surface area contributed by atoms with Gasteiger partial charge in [-0.3, -0.25) is 4.79 Å². The normalized spacial score (nSPS) is 31.6. The number of hydrogen-bond acceptors (Lipinski definition) is 2. The minimum atomic E-state index is -0.0729. The minimum absolute atomic E-state index is 0.0729. The fourth-order valence-corrected chi connectivity index (χ4v) is 4.14. The Bertz CT molecular complexity index is 329. The summed E-state index contributed by atoms with van der Waals surface area (Å²) in [5.74, 6) is 3.48. The van der Waals surface area contributed by atoms with E-state index in [0.29, 0.717) is 12.0 Å². The van der Waals surface area contributed by atoms with Crippen molar-refractivity contribution in [3.05, 3.63) is 0 Å². The summed E-state index contributed by atoms with van der Waals surface area (Å²) in [5, 5.41) is 6.57. The van der Waals surface area contributed by atoms with E-state index in [9.17, 15) is 4.79 Å². The molecule has 3 unspecified atom stereocenters. The van der Waals surface area contributed by atoms with Crippen LogP contribution in [-0.2, 0) is 4.79 Å². The fraction of sp³-hybridized carbons (Fsp3) is 0.941. The molecule has 0 radical (unpaired) electrons. The van der Waals surface area contributed by atoms with Crippen molar-refractivity contribution >= 4 is 5.91 Å². The topological polar surface area (TPSA) is 41.1 Å². The first kappa shape index (κ1) is 15.8. The minimum Gasteiger partial charge on any atom is -0.355 e. The highest BCUT2D eigenvalue weighted by atomic mass is 16.2. The quantitative estimate of drug-likeness (QED) is 0.753. The lowest BCUT2D eigenvalue weighted by molar-refractivity contribution is -0.123. The second kappa shape index (κ2) is 6.93. The number of nitrogens with one attached hydrogen (secondary N) is 2. The average molecular weight is 280 g/mol. The maximum Gasteiger partial charge on any atom is 0.236 e. The van der Waals surface area contributed by atoms with E-state index in [1.807, 2.05) is 6.92 Å². The van der Waals surface area contributed by atoms with Crippen molar-refractivity contribution in [2.45, 2.75) is 71.9 Å². The molecular weight excluding hydrogens is 248 g/mol. The van der Waals surface area contributed by atoms with E-state index in [-0.39, 0.29) is 11.9 Å². The predicted octanol–water partition coefficient (Wildman–Crippen LogP) is 2.95. The van der Waals surface area contributed by atoms with Crippen molar-refractivity contribution in [3.63, 3.8) is 0 Å². The molecule has 2 aliphatic carbocycles. The van der Waals surface area contributed by atoms with E-state index in [2.05, 4.69) is 31.4 Å². The monoisotopic (exact) mass is 280 g/mol. The third kappa shape index (κ3) is 3.97. The molecule has 0 aromatic rings. The highest BCUT2D eigenvalue weighted by Gasteiger charge is 2.42. The summed E-state index contributed by atoms with van der Waals surface area (Å²) in [7, 11) is 0. The Kier molecular flexibility index (Phi) is 5.48. The smallest absolute Gasteiger partial charge is 0.236 e. The van der Waals surface area contributed by atoms with Crippen LogP contribution in [0.25, 0.3) is 0 Å². The first-order chi connectivity index (χ1) is 9.47. The molecule has 1 amide bonds. The zero-order valence-electron chi connectivity index (χ0n) is 13.6. The molecule has 0 spiro atoms. The van der Waals surface area contributed by atoms with Gasteiger partial charge in [-0.25, -0.2) is 0 Å². The summed E-state index contributed by atoms with van der Waals surface area (Å²) < 4.78 is 0. The van der Waals surface area contributed by atoms with E-state index in [1.54, 1.807) is 0 Å². The molecule has 2 bridgehead atoms. The summed E-state index contributed by atoms with van der Waals surface area (Å²) in [6.45, 7) is 9.43. The molecular formula is C17H32N2O. The first-order valence-electron chi connectivity index (χ1n) is 8.51. The highest BCUT2D eigenvalue weighted by Crippen LogP contribution is 2.49. The van der Waals surface area contributed by atoms with E-state index in [0.717, 1.165) is 30.7 Å². The lowest BCUT2D eigenvalue weighted by atomic mass is 9.84. The number of carbonyl (C=O) groups excluding carboxylic acids is 1. The zero-order valence-corrected chi connectivity index (χ0v) is 13.6. The number of hydrogen-bond donors (Lipinski definition) is 2. The first-order valence-corrected chi connectivity index (χ1v) is 8.51. The molecule has 0 aromatic carbocycles. The molecule has 20 heavy (non-hydrogen) atoms. The van der Waals surface area contributed by atoms with Crippen LogP contribution in [0, 0.1) is 23.7 Å². The van der Waals surface area contributed by atoms with Gasteiger partial charge < -0.3 is 10.6 Å². The van der Waals surface area contributed by atoms with Gasteiger partial charge in [0.15, 0.2) is 0 Å². The van der Waals surface area contributed by atoms with E-state index in [4.69, 9.17) is 0 Å². The van der Waals surface area contributed by atoms with Crippen molar-refractivity contribution in [1.29, 1.82) is 0 Å². The Balaban J connectivity index is 1.70. The second-order valence-corrected chi connectivity index (χ2v) is 7.49. The molecule has 2 fully saturated rings. The Labute approximate surface area is 124 Å². The van der Waals surface area contributed by atoms with Crippen LogP contribution in [0.15, 0.2) is 0 Å². The summed E-state index contributed by atoms with van der Waals surface area (Å²) >= 11 is 0. The lowest BCUT2D eigenvalue weighted by Crippen LogP contribution is -2.49. The molecule has 2 aliphatic rings. The average Bonchev–Trinajstić information content (AvgIpc) is 3.00. The van der Waals surface area contributed by atoms with Gasteiger partial charge in [0.05, 0.1) is 6.04 Å². The molecule has 3 heteroatoms. The van der Waals surface area contributed by atoms with Crippen molar-refractivity contribution in [1.82, 2.24) is 10.6 Å². The number of rotatable bonds is 7. The third-order valence-electron chi connectivity index (χ3n) is 5.36. The number of fused-ring (bicyclic) bond motifs is 2. The van der Waals surface area contributed by atoms with Gasteiger partial charge in [-0.2, -0.15) is 0 Å². The molecule has 2 N–H and O–H groups in total. The Morgan fingerprint density at radius 1 is 1.15 bits per heavy atom. The van der Waals surface area contributed by atoms with Crippen LogP contribution in [-0.4, -0.2) is 24.5 Å². The van der Waals surface area contributed by atoms with Crippen molar-refractivity contribution < 1.29 is 4.79 Å². The Hall–Kier alpha value is -0.570. The highest BCUT2D eigenvalue weighted by molar-refractivity contribution is 5.81. The molecule has 0 aliphatic heterocycles. The summed E-state index contributed by atoms with van der Waals surface area (Å²) in [6.07, 6.45) is 6.72. The van der Waals surface area contributed by atoms with Crippen LogP contribution in [0.4, 0.5) is 0 Å². The van der Waals surface area contributed by atoms with Gasteiger partial charge in [0.2, 0.25) is 5.91 Å². The molecule has 0 aromatic heterocycles. The van der Waals surface area contributed by atoms with Gasteiger partial charge in [0.1, 0.15) is 0 Å². The maximum absolute atomic E-state index is 12.1. The fourth-order valence-electron chi connectivity index (χ4n) is 4.14. The Morgan fingerprint density at radius 2 is 1.90 bits per heavy atom. The van der Waals surface area contributed by atoms with Crippen molar-refractivity contribution in [2.24, 2.45) is 23.7 Å². The number of amides is 1. The molecule has 2 rings (SSSR count). The van der Waals surface area contributed by atoms with E-state index >= 15 is 0 Å². The van der Waals surface area contributed by atoms with Crippen LogP contribution in [0.2, 0.25) is 0 Å². The van der Waals surface area contributed by atoms with Crippen LogP contribution >= 0.6 is 0 Å².